The first-order valence-corrected chi connectivity index (χ1v) is 8.61. The van der Waals surface area contributed by atoms with E-state index in [0.717, 1.165) is 19.1 Å². The number of rotatable bonds is 7. The first-order chi connectivity index (χ1) is 9.33. The van der Waals surface area contributed by atoms with E-state index in [-0.39, 0.29) is 5.60 Å². The van der Waals surface area contributed by atoms with Crippen LogP contribution in [0.25, 0.3) is 0 Å². The molecule has 1 aliphatic carbocycles. The lowest BCUT2D eigenvalue weighted by atomic mass is 9.68. The van der Waals surface area contributed by atoms with Crippen molar-refractivity contribution in [2.24, 2.45) is 17.3 Å². The molecule has 2 heteroatoms. The van der Waals surface area contributed by atoms with Crippen LogP contribution in [0.2, 0.25) is 0 Å². The largest absolute Gasteiger partial charge is 0.373 e. The maximum absolute atomic E-state index is 6.42. The van der Waals surface area contributed by atoms with Crippen LogP contribution in [0.1, 0.15) is 73.1 Å². The van der Waals surface area contributed by atoms with Gasteiger partial charge >= 0.3 is 0 Å². The smallest absolute Gasteiger partial charge is 0.0806 e. The molecule has 1 saturated carbocycles. The average molecular weight is 284 g/mol. The first kappa shape index (κ1) is 18.0. The molecule has 0 amide bonds. The molecule has 0 heterocycles. The summed E-state index contributed by atoms with van der Waals surface area (Å²) in [5.74, 6) is 1.54. The van der Waals surface area contributed by atoms with Crippen molar-refractivity contribution in [3.8, 4) is 0 Å². The van der Waals surface area contributed by atoms with Crippen molar-refractivity contribution >= 4 is 0 Å². The molecule has 0 bridgehead atoms. The van der Waals surface area contributed by atoms with Crippen LogP contribution in [0.3, 0.4) is 0 Å². The summed E-state index contributed by atoms with van der Waals surface area (Å²) in [6.07, 6.45) is 7.60. The lowest BCUT2D eigenvalue weighted by molar-refractivity contribution is -0.0940. The Morgan fingerprint density at radius 1 is 1.25 bits per heavy atom. The molecule has 1 N–H and O–H groups in total. The molecule has 0 aromatic carbocycles. The third-order valence-electron chi connectivity index (χ3n) is 5.08. The number of nitrogens with one attached hydrogen (secondary N) is 1. The second kappa shape index (κ2) is 7.79. The Labute approximate surface area is 127 Å². The minimum Gasteiger partial charge on any atom is -0.373 e. The van der Waals surface area contributed by atoms with Gasteiger partial charge in [0, 0.05) is 13.2 Å². The normalized spacial score (nSPS) is 29.4. The highest BCUT2D eigenvalue weighted by Crippen LogP contribution is 2.42. The van der Waals surface area contributed by atoms with Crippen LogP contribution in [0.4, 0.5) is 0 Å². The van der Waals surface area contributed by atoms with Crippen molar-refractivity contribution < 1.29 is 4.74 Å². The van der Waals surface area contributed by atoms with E-state index in [0.29, 0.717) is 11.3 Å². The molecule has 20 heavy (non-hydrogen) atoms. The van der Waals surface area contributed by atoms with Gasteiger partial charge in [-0.3, -0.25) is 0 Å². The van der Waals surface area contributed by atoms with Crippen molar-refractivity contribution in [3.63, 3.8) is 0 Å². The van der Waals surface area contributed by atoms with Gasteiger partial charge in [0.05, 0.1) is 5.60 Å². The quantitative estimate of drug-likeness (QED) is 0.735. The van der Waals surface area contributed by atoms with Crippen molar-refractivity contribution in [3.05, 3.63) is 0 Å². The summed E-state index contributed by atoms with van der Waals surface area (Å²) in [6, 6.07) is 0. The Balaban J connectivity index is 2.53. The van der Waals surface area contributed by atoms with E-state index in [1.54, 1.807) is 0 Å². The highest BCUT2D eigenvalue weighted by Gasteiger charge is 2.39. The third-order valence-corrected chi connectivity index (χ3v) is 5.08. The predicted molar refractivity (Wildman–Crippen MR) is 88.1 cm³/mol. The summed E-state index contributed by atoms with van der Waals surface area (Å²) in [7, 11) is 2.05. The van der Waals surface area contributed by atoms with Crippen molar-refractivity contribution in [2.45, 2.75) is 78.7 Å². The van der Waals surface area contributed by atoms with E-state index in [9.17, 15) is 0 Å². The number of hydrogen-bond acceptors (Lipinski definition) is 2. The van der Waals surface area contributed by atoms with Crippen LogP contribution < -0.4 is 5.32 Å². The topological polar surface area (TPSA) is 21.3 Å². The minimum atomic E-state index is 0.0957. The van der Waals surface area contributed by atoms with Crippen LogP contribution >= 0.6 is 0 Å². The Morgan fingerprint density at radius 3 is 2.30 bits per heavy atom. The fraction of sp³-hybridized carbons (Fsp3) is 1.00. The summed E-state index contributed by atoms with van der Waals surface area (Å²) in [6.45, 7) is 13.6. The second-order valence-corrected chi connectivity index (χ2v) is 8.06. The van der Waals surface area contributed by atoms with Crippen LogP contribution in [0.15, 0.2) is 0 Å². The molecule has 1 rings (SSSR count). The Morgan fingerprint density at radius 2 is 1.85 bits per heavy atom. The predicted octanol–water partition coefficient (Wildman–Crippen LogP) is 4.63. The molecule has 2 nitrogen and oxygen atoms in total. The maximum Gasteiger partial charge on any atom is 0.0806 e. The summed E-state index contributed by atoms with van der Waals surface area (Å²) < 4.78 is 6.42. The Bertz CT molecular complexity index is 261. The number of likely N-dealkylation sites (N-methyl/N-ethyl adjacent to an activating group) is 1. The van der Waals surface area contributed by atoms with Crippen LogP contribution in [0.5, 0.6) is 0 Å². The van der Waals surface area contributed by atoms with E-state index in [1.165, 1.54) is 38.5 Å². The van der Waals surface area contributed by atoms with Crippen molar-refractivity contribution in [1.29, 1.82) is 0 Å². The average Bonchev–Trinajstić information content (AvgIpc) is 2.37. The van der Waals surface area contributed by atoms with Gasteiger partial charge in [0.2, 0.25) is 0 Å². The summed E-state index contributed by atoms with van der Waals surface area (Å²) >= 11 is 0. The molecule has 1 fully saturated rings. The molecule has 120 valence electrons. The zero-order chi connectivity index (χ0) is 15.2. The standard InChI is InChI=1S/C18H37NO/c1-7-8-15(2)13-20-18(14-19-6)11-9-16(10-12-18)17(3,4)5/h15-16,19H,7-14H2,1-6H3. The first-order valence-electron chi connectivity index (χ1n) is 8.61. The molecule has 0 aromatic heterocycles. The number of hydrogen-bond donors (Lipinski definition) is 1. The summed E-state index contributed by atoms with van der Waals surface area (Å²) in [5.41, 5.74) is 0.541. The molecule has 0 aliphatic heterocycles. The van der Waals surface area contributed by atoms with Gasteiger partial charge in [0.15, 0.2) is 0 Å². The third kappa shape index (κ3) is 5.37. The van der Waals surface area contributed by atoms with Gasteiger partial charge in [-0.1, -0.05) is 41.0 Å². The van der Waals surface area contributed by atoms with Gasteiger partial charge < -0.3 is 10.1 Å². The number of ether oxygens (including phenoxy) is 1. The second-order valence-electron chi connectivity index (χ2n) is 8.06. The van der Waals surface area contributed by atoms with E-state index in [2.05, 4.69) is 47.0 Å². The van der Waals surface area contributed by atoms with Gasteiger partial charge in [-0.15, -0.1) is 0 Å². The Kier molecular flexibility index (Phi) is 7.00. The Hall–Kier alpha value is -0.0800. The highest BCUT2D eigenvalue weighted by molar-refractivity contribution is 4.92. The molecule has 0 radical (unpaired) electrons. The molecular formula is C18H37NO. The van der Waals surface area contributed by atoms with E-state index in [4.69, 9.17) is 4.74 Å². The van der Waals surface area contributed by atoms with Crippen molar-refractivity contribution in [2.75, 3.05) is 20.2 Å². The minimum absolute atomic E-state index is 0.0957. The van der Waals surface area contributed by atoms with Crippen LogP contribution in [-0.2, 0) is 4.74 Å². The summed E-state index contributed by atoms with van der Waals surface area (Å²) in [4.78, 5) is 0. The molecular weight excluding hydrogens is 246 g/mol. The van der Waals surface area contributed by atoms with Gasteiger partial charge in [0.25, 0.3) is 0 Å². The lowest BCUT2D eigenvalue weighted by Gasteiger charge is -2.44. The summed E-state index contributed by atoms with van der Waals surface area (Å²) in [5, 5.41) is 3.36. The maximum atomic E-state index is 6.42. The van der Waals surface area contributed by atoms with E-state index in [1.807, 2.05) is 0 Å². The fourth-order valence-electron chi connectivity index (χ4n) is 3.60. The van der Waals surface area contributed by atoms with Crippen LogP contribution in [-0.4, -0.2) is 25.8 Å². The molecule has 1 unspecified atom stereocenters. The zero-order valence-electron chi connectivity index (χ0n) is 14.7. The molecule has 0 spiro atoms. The van der Waals surface area contributed by atoms with Gasteiger partial charge in [-0.05, 0) is 56.4 Å². The van der Waals surface area contributed by atoms with Crippen molar-refractivity contribution in [1.82, 2.24) is 5.32 Å². The SMILES string of the molecule is CCCC(C)COC1(CNC)CCC(C(C)(C)C)CC1. The van der Waals surface area contributed by atoms with E-state index >= 15 is 0 Å². The van der Waals surface area contributed by atoms with Gasteiger partial charge in [0.1, 0.15) is 0 Å². The zero-order valence-corrected chi connectivity index (χ0v) is 14.7. The van der Waals surface area contributed by atoms with Gasteiger partial charge in [-0.25, -0.2) is 0 Å². The molecule has 0 saturated heterocycles. The lowest BCUT2D eigenvalue weighted by Crippen LogP contribution is -2.47. The molecule has 1 atom stereocenters. The van der Waals surface area contributed by atoms with Gasteiger partial charge in [-0.2, -0.15) is 0 Å². The monoisotopic (exact) mass is 283 g/mol. The van der Waals surface area contributed by atoms with Crippen LogP contribution in [0, 0.1) is 17.3 Å². The molecule has 0 aromatic rings. The van der Waals surface area contributed by atoms with E-state index < -0.39 is 0 Å². The fourth-order valence-corrected chi connectivity index (χ4v) is 3.60. The highest BCUT2D eigenvalue weighted by atomic mass is 16.5. The molecule has 1 aliphatic rings.